The first-order chi connectivity index (χ1) is 9.72. The molecule has 118 valence electrons. The lowest BCUT2D eigenvalue weighted by Gasteiger charge is -2.22. The van der Waals surface area contributed by atoms with Crippen molar-refractivity contribution in [1.29, 1.82) is 0 Å². The highest BCUT2D eigenvalue weighted by Gasteiger charge is 2.67. The molecule has 0 radical (unpaired) electrons. The van der Waals surface area contributed by atoms with Crippen LogP contribution >= 0.6 is 11.6 Å². The number of halogens is 1. The van der Waals surface area contributed by atoms with Crippen molar-refractivity contribution in [2.75, 3.05) is 21.3 Å². The minimum Gasteiger partial charge on any atom is -0.493 e. The third-order valence-electron chi connectivity index (χ3n) is 5.61. The maximum Gasteiger partial charge on any atom is 0.162 e. The third kappa shape index (κ3) is 2.40. The van der Waals surface area contributed by atoms with Gasteiger partial charge >= 0.3 is 0 Å². The molecule has 1 aromatic rings. The molecule has 1 fully saturated rings. The molecule has 0 saturated heterocycles. The molecule has 3 nitrogen and oxygen atoms in total. The average molecular weight is 312 g/mol. The smallest absolute Gasteiger partial charge is 0.162 e. The molecule has 0 aromatic heterocycles. The minimum absolute atomic E-state index is 0.197. The molecule has 0 heterocycles. The zero-order chi connectivity index (χ0) is 16.0. The Balaban J connectivity index is 2.45. The van der Waals surface area contributed by atoms with Crippen LogP contribution in [0.4, 0.5) is 0 Å². The fourth-order valence-corrected chi connectivity index (χ4v) is 3.96. The van der Waals surface area contributed by atoms with E-state index in [1.807, 2.05) is 19.2 Å². The SMILES string of the molecule is CNC(c1cc(OC)c(OC)cc1Cl)C1C(C)(C)C1(C)C. The zero-order valence-electron chi connectivity index (χ0n) is 14.0. The van der Waals surface area contributed by atoms with E-state index >= 15 is 0 Å². The molecule has 1 unspecified atom stereocenters. The second-order valence-corrected chi connectivity index (χ2v) is 7.32. The third-order valence-corrected chi connectivity index (χ3v) is 5.94. The van der Waals surface area contributed by atoms with Crippen LogP contribution in [0, 0.1) is 16.7 Å². The predicted octanol–water partition coefficient (Wildman–Crippen LogP) is 4.30. The van der Waals surface area contributed by atoms with Gasteiger partial charge in [-0.3, -0.25) is 0 Å². The lowest BCUT2D eigenvalue weighted by molar-refractivity contribution is 0.352. The molecule has 2 rings (SSSR count). The van der Waals surface area contributed by atoms with Gasteiger partial charge in [-0.1, -0.05) is 39.3 Å². The molecule has 1 aliphatic rings. The van der Waals surface area contributed by atoms with Gasteiger partial charge in [-0.05, 0) is 35.4 Å². The number of hydrogen-bond acceptors (Lipinski definition) is 3. The largest absolute Gasteiger partial charge is 0.493 e. The van der Waals surface area contributed by atoms with Gasteiger partial charge in [0.05, 0.1) is 14.2 Å². The average Bonchev–Trinajstić information content (AvgIpc) is 2.83. The van der Waals surface area contributed by atoms with Crippen molar-refractivity contribution in [3.63, 3.8) is 0 Å². The van der Waals surface area contributed by atoms with Gasteiger partial charge in [-0.2, -0.15) is 0 Å². The summed E-state index contributed by atoms with van der Waals surface area (Å²) in [5, 5.41) is 4.15. The van der Waals surface area contributed by atoms with Crippen LogP contribution in [0.5, 0.6) is 11.5 Å². The summed E-state index contributed by atoms with van der Waals surface area (Å²) in [6.45, 7) is 9.26. The van der Waals surface area contributed by atoms with Gasteiger partial charge in [0.2, 0.25) is 0 Å². The Morgan fingerprint density at radius 2 is 1.52 bits per heavy atom. The number of nitrogens with one attached hydrogen (secondary N) is 1. The number of rotatable bonds is 5. The first-order valence-corrected chi connectivity index (χ1v) is 7.68. The van der Waals surface area contributed by atoms with Crippen molar-refractivity contribution in [1.82, 2.24) is 5.32 Å². The molecular formula is C17H26ClNO2. The van der Waals surface area contributed by atoms with Crippen LogP contribution in [-0.2, 0) is 0 Å². The van der Waals surface area contributed by atoms with Gasteiger partial charge in [-0.25, -0.2) is 0 Å². The Morgan fingerprint density at radius 3 is 1.90 bits per heavy atom. The summed E-state index contributed by atoms with van der Waals surface area (Å²) in [6, 6.07) is 4.03. The summed E-state index contributed by atoms with van der Waals surface area (Å²) in [5.74, 6) is 1.90. The van der Waals surface area contributed by atoms with Gasteiger partial charge < -0.3 is 14.8 Å². The van der Waals surface area contributed by atoms with Gasteiger partial charge in [0, 0.05) is 17.1 Å². The Bertz CT molecular complexity index is 526. The van der Waals surface area contributed by atoms with E-state index in [-0.39, 0.29) is 16.9 Å². The molecule has 1 aliphatic carbocycles. The maximum atomic E-state index is 6.49. The van der Waals surface area contributed by atoms with Crippen LogP contribution < -0.4 is 14.8 Å². The number of methoxy groups -OCH3 is 2. The van der Waals surface area contributed by atoms with Crippen LogP contribution in [0.3, 0.4) is 0 Å². The van der Waals surface area contributed by atoms with E-state index in [0.29, 0.717) is 22.4 Å². The maximum absolute atomic E-state index is 6.49. The van der Waals surface area contributed by atoms with E-state index in [0.717, 1.165) is 5.56 Å². The fourth-order valence-electron chi connectivity index (χ4n) is 3.69. The Kier molecular flexibility index (Phi) is 4.20. The van der Waals surface area contributed by atoms with Crippen molar-refractivity contribution >= 4 is 11.6 Å². The second kappa shape index (κ2) is 5.36. The van der Waals surface area contributed by atoms with E-state index in [9.17, 15) is 0 Å². The van der Waals surface area contributed by atoms with Gasteiger partial charge in [0.1, 0.15) is 0 Å². The molecule has 0 amide bonds. The molecule has 4 heteroatoms. The minimum atomic E-state index is 0.197. The van der Waals surface area contributed by atoms with Crippen molar-refractivity contribution in [3.05, 3.63) is 22.7 Å². The van der Waals surface area contributed by atoms with Crippen molar-refractivity contribution < 1.29 is 9.47 Å². The number of benzene rings is 1. The number of hydrogen-bond donors (Lipinski definition) is 1. The molecule has 1 saturated carbocycles. The van der Waals surface area contributed by atoms with Crippen LogP contribution in [-0.4, -0.2) is 21.3 Å². The molecular weight excluding hydrogens is 286 g/mol. The summed E-state index contributed by atoms with van der Waals surface area (Å²) in [4.78, 5) is 0. The summed E-state index contributed by atoms with van der Waals surface area (Å²) in [7, 11) is 5.26. The highest BCUT2D eigenvalue weighted by Crippen LogP contribution is 2.72. The fraction of sp³-hybridized carbons (Fsp3) is 0.647. The Morgan fingerprint density at radius 1 is 1.05 bits per heavy atom. The zero-order valence-corrected chi connectivity index (χ0v) is 14.8. The van der Waals surface area contributed by atoms with Gasteiger partial charge in [0.15, 0.2) is 11.5 Å². The summed E-state index contributed by atoms with van der Waals surface area (Å²) in [5.41, 5.74) is 1.62. The van der Waals surface area contributed by atoms with Crippen molar-refractivity contribution in [2.45, 2.75) is 33.7 Å². The van der Waals surface area contributed by atoms with Crippen LogP contribution in [0.25, 0.3) is 0 Å². The molecule has 0 bridgehead atoms. The van der Waals surface area contributed by atoms with Gasteiger partial charge in [-0.15, -0.1) is 0 Å². The second-order valence-electron chi connectivity index (χ2n) is 6.92. The molecule has 21 heavy (non-hydrogen) atoms. The predicted molar refractivity (Wildman–Crippen MR) is 87.4 cm³/mol. The molecule has 1 aromatic carbocycles. The standard InChI is InChI=1S/C17H26ClNO2/c1-16(2)15(17(16,3)4)14(19-5)10-8-12(20-6)13(21-7)9-11(10)18/h8-9,14-15,19H,1-7H3. The van der Waals surface area contributed by atoms with Crippen molar-refractivity contribution in [2.24, 2.45) is 16.7 Å². The normalized spacial score (nSPS) is 21.0. The molecule has 1 atom stereocenters. The topological polar surface area (TPSA) is 30.5 Å². The van der Waals surface area contributed by atoms with Crippen LogP contribution in [0.1, 0.15) is 39.3 Å². The summed E-state index contributed by atoms with van der Waals surface area (Å²) in [6.07, 6.45) is 0. The molecule has 0 spiro atoms. The van der Waals surface area contributed by atoms with Gasteiger partial charge in [0.25, 0.3) is 0 Å². The Hall–Kier alpha value is -0.930. The van der Waals surface area contributed by atoms with E-state index in [4.69, 9.17) is 21.1 Å². The summed E-state index contributed by atoms with van der Waals surface area (Å²) < 4.78 is 10.7. The van der Waals surface area contributed by atoms with E-state index in [1.54, 1.807) is 14.2 Å². The monoisotopic (exact) mass is 311 g/mol. The molecule has 0 aliphatic heterocycles. The molecule has 1 N–H and O–H groups in total. The van der Waals surface area contributed by atoms with E-state index in [1.165, 1.54) is 0 Å². The van der Waals surface area contributed by atoms with E-state index in [2.05, 4.69) is 33.0 Å². The quantitative estimate of drug-likeness (QED) is 0.879. The van der Waals surface area contributed by atoms with Crippen LogP contribution in [0.2, 0.25) is 5.02 Å². The lowest BCUT2D eigenvalue weighted by Crippen LogP contribution is -2.22. The van der Waals surface area contributed by atoms with E-state index < -0.39 is 0 Å². The first kappa shape index (κ1) is 16.4. The highest BCUT2D eigenvalue weighted by molar-refractivity contribution is 6.31. The van der Waals surface area contributed by atoms with Crippen molar-refractivity contribution in [3.8, 4) is 11.5 Å². The Labute approximate surface area is 133 Å². The summed E-state index contributed by atoms with van der Waals surface area (Å²) >= 11 is 6.49. The lowest BCUT2D eigenvalue weighted by atomic mass is 9.96. The first-order valence-electron chi connectivity index (χ1n) is 7.31. The number of ether oxygens (including phenoxy) is 2. The van der Waals surface area contributed by atoms with Crippen LogP contribution in [0.15, 0.2) is 12.1 Å². The highest BCUT2D eigenvalue weighted by atomic mass is 35.5.